The standard InChI is InChI=1S/C20H21ClF3N3O3/c21-16-7-6-15(9-17(16)22)30-12-19(29)25-8-2-1-3-18(28)27-11-14-5-4-13(10-26-14)20(23)24/h4-7,9-10,20H,1-3,8,11-12H2,(H,25,29)(H,27,28). The van der Waals surface area contributed by atoms with Crippen LogP contribution in [0.25, 0.3) is 0 Å². The van der Waals surface area contributed by atoms with Crippen LogP contribution < -0.4 is 15.4 Å². The summed E-state index contributed by atoms with van der Waals surface area (Å²) in [6, 6.07) is 6.60. The van der Waals surface area contributed by atoms with Crippen molar-refractivity contribution in [2.75, 3.05) is 13.2 Å². The largest absolute Gasteiger partial charge is 0.484 e. The predicted octanol–water partition coefficient (Wildman–Crippen LogP) is 3.79. The molecule has 10 heteroatoms. The van der Waals surface area contributed by atoms with Crippen LogP contribution in [0.2, 0.25) is 5.02 Å². The SMILES string of the molecule is O=C(CCCCNC(=O)COc1ccc(Cl)c(F)c1)NCc1ccc(C(F)F)cn1. The molecule has 0 bridgehead atoms. The van der Waals surface area contributed by atoms with Crippen LogP contribution in [0, 0.1) is 5.82 Å². The molecule has 0 saturated heterocycles. The zero-order chi connectivity index (χ0) is 21.9. The van der Waals surface area contributed by atoms with Crippen molar-refractivity contribution in [1.82, 2.24) is 15.6 Å². The van der Waals surface area contributed by atoms with Crippen molar-refractivity contribution in [2.45, 2.75) is 32.2 Å². The van der Waals surface area contributed by atoms with E-state index in [9.17, 15) is 22.8 Å². The molecule has 0 aliphatic carbocycles. The van der Waals surface area contributed by atoms with Crippen LogP contribution in [-0.4, -0.2) is 29.9 Å². The average molecular weight is 444 g/mol. The second-order valence-corrected chi connectivity index (χ2v) is 6.74. The molecule has 1 heterocycles. The normalized spacial score (nSPS) is 10.7. The van der Waals surface area contributed by atoms with Crippen molar-refractivity contribution in [3.63, 3.8) is 0 Å². The Kier molecular flexibility index (Phi) is 9.40. The van der Waals surface area contributed by atoms with Crippen molar-refractivity contribution >= 4 is 23.4 Å². The van der Waals surface area contributed by atoms with E-state index in [0.29, 0.717) is 25.1 Å². The van der Waals surface area contributed by atoms with Gasteiger partial charge >= 0.3 is 0 Å². The van der Waals surface area contributed by atoms with Crippen LogP contribution in [0.1, 0.15) is 36.9 Å². The molecule has 2 N–H and O–H groups in total. The van der Waals surface area contributed by atoms with Crippen LogP contribution in [0.5, 0.6) is 5.75 Å². The topological polar surface area (TPSA) is 80.3 Å². The highest BCUT2D eigenvalue weighted by molar-refractivity contribution is 6.30. The van der Waals surface area contributed by atoms with Gasteiger partial charge in [0, 0.05) is 30.8 Å². The molecule has 0 fully saturated rings. The molecule has 1 aromatic carbocycles. The molecule has 0 spiro atoms. The lowest BCUT2D eigenvalue weighted by Crippen LogP contribution is -2.30. The van der Waals surface area contributed by atoms with Gasteiger partial charge in [0.25, 0.3) is 12.3 Å². The molecule has 0 saturated carbocycles. The first-order chi connectivity index (χ1) is 14.3. The first-order valence-corrected chi connectivity index (χ1v) is 9.57. The van der Waals surface area contributed by atoms with Gasteiger partial charge in [-0.2, -0.15) is 0 Å². The molecule has 6 nitrogen and oxygen atoms in total. The zero-order valence-corrected chi connectivity index (χ0v) is 16.7. The van der Waals surface area contributed by atoms with E-state index in [1.165, 1.54) is 24.3 Å². The molecular weight excluding hydrogens is 423 g/mol. The maximum atomic E-state index is 13.3. The van der Waals surface area contributed by atoms with E-state index in [2.05, 4.69) is 15.6 Å². The number of carbonyl (C=O) groups excluding carboxylic acids is 2. The number of hydrogen-bond acceptors (Lipinski definition) is 4. The van der Waals surface area contributed by atoms with E-state index in [1.54, 1.807) is 0 Å². The van der Waals surface area contributed by atoms with Gasteiger partial charge in [0.2, 0.25) is 5.91 Å². The van der Waals surface area contributed by atoms with E-state index >= 15 is 0 Å². The third kappa shape index (κ3) is 8.28. The highest BCUT2D eigenvalue weighted by Crippen LogP contribution is 2.20. The number of aromatic nitrogens is 1. The summed E-state index contributed by atoms with van der Waals surface area (Å²) < 4.78 is 43.4. The quantitative estimate of drug-likeness (QED) is 0.518. The molecule has 2 amide bonds. The fraction of sp³-hybridized carbons (Fsp3) is 0.350. The highest BCUT2D eigenvalue weighted by Gasteiger charge is 2.08. The Bertz CT molecular complexity index is 851. The summed E-state index contributed by atoms with van der Waals surface area (Å²) in [5, 5.41) is 5.27. The van der Waals surface area contributed by atoms with Gasteiger partial charge < -0.3 is 15.4 Å². The van der Waals surface area contributed by atoms with Gasteiger partial charge in [-0.15, -0.1) is 0 Å². The number of amides is 2. The number of ether oxygens (including phenoxy) is 1. The Hall–Kier alpha value is -2.81. The van der Waals surface area contributed by atoms with Gasteiger partial charge in [0.15, 0.2) is 6.61 Å². The first-order valence-electron chi connectivity index (χ1n) is 9.19. The van der Waals surface area contributed by atoms with Crippen molar-refractivity contribution < 1.29 is 27.5 Å². The van der Waals surface area contributed by atoms with E-state index in [-0.39, 0.29) is 47.7 Å². The van der Waals surface area contributed by atoms with Crippen LogP contribution in [-0.2, 0) is 16.1 Å². The van der Waals surface area contributed by atoms with Crippen molar-refractivity contribution in [3.05, 3.63) is 58.6 Å². The number of halogens is 4. The van der Waals surface area contributed by atoms with Gasteiger partial charge in [-0.25, -0.2) is 13.2 Å². The Balaban J connectivity index is 1.54. The fourth-order valence-electron chi connectivity index (χ4n) is 2.35. The lowest BCUT2D eigenvalue weighted by Gasteiger charge is -2.08. The average Bonchev–Trinajstić information content (AvgIpc) is 2.73. The minimum Gasteiger partial charge on any atom is -0.484 e. The number of unbranched alkanes of at least 4 members (excludes halogenated alkanes) is 1. The number of nitrogens with one attached hydrogen (secondary N) is 2. The molecule has 0 aliphatic rings. The van der Waals surface area contributed by atoms with Gasteiger partial charge in [-0.3, -0.25) is 14.6 Å². The smallest absolute Gasteiger partial charge is 0.265 e. The molecule has 2 aromatic rings. The lowest BCUT2D eigenvalue weighted by atomic mass is 10.2. The van der Waals surface area contributed by atoms with Gasteiger partial charge in [0.1, 0.15) is 11.6 Å². The third-order valence-electron chi connectivity index (χ3n) is 3.98. The molecule has 0 aliphatic heterocycles. The Morgan fingerprint density at radius 2 is 1.90 bits per heavy atom. The third-order valence-corrected chi connectivity index (χ3v) is 4.29. The summed E-state index contributed by atoms with van der Waals surface area (Å²) in [4.78, 5) is 27.4. The summed E-state index contributed by atoms with van der Waals surface area (Å²) >= 11 is 5.56. The fourth-order valence-corrected chi connectivity index (χ4v) is 2.47. The van der Waals surface area contributed by atoms with Gasteiger partial charge in [-0.05, 0) is 37.1 Å². The number of nitrogens with zero attached hydrogens (tertiary/aromatic N) is 1. The van der Waals surface area contributed by atoms with Crippen molar-refractivity contribution in [1.29, 1.82) is 0 Å². The van der Waals surface area contributed by atoms with Crippen LogP contribution in [0.3, 0.4) is 0 Å². The summed E-state index contributed by atoms with van der Waals surface area (Å²) in [6.45, 7) is 0.252. The first kappa shape index (κ1) is 23.5. The van der Waals surface area contributed by atoms with Crippen LogP contribution in [0.4, 0.5) is 13.2 Å². The van der Waals surface area contributed by atoms with E-state index in [1.807, 2.05) is 0 Å². The Morgan fingerprint density at radius 3 is 2.57 bits per heavy atom. The minimum atomic E-state index is -2.58. The lowest BCUT2D eigenvalue weighted by molar-refractivity contribution is -0.123. The number of pyridine rings is 1. The summed E-state index contributed by atoms with van der Waals surface area (Å²) in [6.07, 6.45) is -0.106. The minimum absolute atomic E-state index is 0.0308. The van der Waals surface area contributed by atoms with Crippen molar-refractivity contribution in [3.8, 4) is 5.75 Å². The van der Waals surface area contributed by atoms with Gasteiger partial charge in [-0.1, -0.05) is 11.6 Å². The molecule has 0 atom stereocenters. The predicted molar refractivity (Wildman–Crippen MR) is 105 cm³/mol. The number of hydrogen-bond donors (Lipinski definition) is 2. The van der Waals surface area contributed by atoms with E-state index in [4.69, 9.17) is 16.3 Å². The summed E-state index contributed by atoms with van der Waals surface area (Å²) in [5.74, 6) is -1.00. The van der Waals surface area contributed by atoms with E-state index < -0.39 is 12.2 Å². The maximum absolute atomic E-state index is 13.3. The molecule has 0 radical (unpaired) electrons. The molecule has 2 rings (SSSR count). The number of carbonyl (C=O) groups is 2. The summed E-state index contributed by atoms with van der Waals surface area (Å²) in [5.41, 5.74) is 0.318. The van der Waals surface area contributed by atoms with Gasteiger partial charge in [0.05, 0.1) is 17.3 Å². The van der Waals surface area contributed by atoms with Crippen molar-refractivity contribution in [2.24, 2.45) is 0 Å². The molecular formula is C20H21ClF3N3O3. The second-order valence-electron chi connectivity index (χ2n) is 6.33. The number of rotatable bonds is 11. The maximum Gasteiger partial charge on any atom is 0.265 e. The van der Waals surface area contributed by atoms with Crippen LogP contribution >= 0.6 is 11.6 Å². The molecule has 30 heavy (non-hydrogen) atoms. The number of benzene rings is 1. The molecule has 162 valence electrons. The highest BCUT2D eigenvalue weighted by atomic mass is 35.5. The second kappa shape index (κ2) is 12.0. The summed E-state index contributed by atoms with van der Waals surface area (Å²) in [7, 11) is 0. The molecule has 1 aromatic heterocycles. The van der Waals surface area contributed by atoms with Crippen LogP contribution in [0.15, 0.2) is 36.5 Å². The Labute approximate surface area is 176 Å². The number of alkyl halides is 2. The monoisotopic (exact) mass is 443 g/mol. The Morgan fingerprint density at radius 1 is 1.10 bits per heavy atom. The van der Waals surface area contributed by atoms with E-state index in [0.717, 1.165) is 12.3 Å². The zero-order valence-electron chi connectivity index (χ0n) is 16.0. The molecule has 0 unspecified atom stereocenters.